The maximum absolute atomic E-state index is 6.45. The van der Waals surface area contributed by atoms with E-state index in [1.165, 1.54) is 0 Å². The number of hydrogen-bond donors (Lipinski definition) is 1. The predicted molar refractivity (Wildman–Crippen MR) is 81.1 cm³/mol. The molecule has 20 heavy (non-hydrogen) atoms. The molecule has 0 saturated carbocycles. The Morgan fingerprint density at radius 1 is 1.10 bits per heavy atom. The van der Waals surface area contributed by atoms with Crippen molar-refractivity contribution in [2.45, 2.75) is 62.3 Å². The standard InChI is InChI=1S/C15H27Si.2ClH.Hf.H2N/c1-12(14(2,3)4)15(5,16(6)7)13-10-8-9-11-13;;;;/h8-10,16H,11H2,1-7H3;2*1H;;1H2/q;;;+3;-1/p-2. The third-order valence-electron chi connectivity index (χ3n) is 5.42. The van der Waals surface area contributed by atoms with Gasteiger partial charge < -0.3 is 24.8 Å². The van der Waals surface area contributed by atoms with Gasteiger partial charge in [0.25, 0.3) is 0 Å². The Bertz CT molecular complexity index is 377. The zero-order valence-corrected chi connectivity index (χ0v) is 20.1. The first-order valence-corrected chi connectivity index (χ1v) is 13.7. The maximum atomic E-state index is 6.45. The molecular formula is C15H29Cl2HfNSi. The molecule has 5 heteroatoms. The van der Waals surface area contributed by atoms with Gasteiger partial charge in [-0.25, -0.2) is 0 Å². The quantitative estimate of drug-likeness (QED) is 0.458. The summed E-state index contributed by atoms with van der Waals surface area (Å²) in [7, 11) is -0.836. The van der Waals surface area contributed by atoms with E-state index in [4.69, 9.17) is 3.72 Å². The normalized spacial score (nSPS) is 20.1. The van der Waals surface area contributed by atoms with Gasteiger partial charge >= 0.3 is 127 Å². The van der Waals surface area contributed by atoms with E-state index in [2.05, 4.69) is 65.9 Å². The van der Waals surface area contributed by atoms with Gasteiger partial charge in [-0.2, -0.15) is 0 Å². The number of nitrogens with two attached hydrogens (primary N) is 1. The largest absolute Gasteiger partial charge is 1.00 e. The number of hydrogen-bond acceptors (Lipinski definition) is 1. The molecule has 0 amide bonds. The van der Waals surface area contributed by atoms with E-state index in [1.807, 2.05) is 0 Å². The fraction of sp³-hybridized carbons (Fsp3) is 0.733. The van der Waals surface area contributed by atoms with E-state index < -0.39 is 32.0 Å². The molecule has 0 radical (unpaired) electrons. The summed E-state index contributed by atoms with van der Waals surface area (Å²) in [5, 5.41) is 0.368. The molecule has 1 aliphatic carbocycles. The van der Waals surface area contributed by atoms with E-state index >= 15 is 0 Å². The molecule has 116 valence electrons. The Morgan fingerprint density at radius 3 is 1.85 bits per heavy atom. The topological polar surface area (TPSA) is 26.0 Å². The van der Waals surface area contributed by atoms with Crippen LogP contribution in [0.25, 0.3) is 0 Å². The minimum Gasteiger partial charge on any atom is -1.00 e. The van der Waals surface area contributed by atoms with Crippen LogP contribution in [0.4, 0.5) is 0 Å². The predicted octanol–water partition coefficient (Wildman–Crippen LogP) is -1.69. The second-order valence-corrected chi connectivity index (χ2v) is 15.3. The molecule has 0 fully saturated rings. The van der Waals surface area contributed by atoms with Crippen molar-refractivity contribution in [1.29, 1.82) is 0 Å². The molecule has 2 atom stereocenters. The second kappa shape index (κ2) is 8.10. The summed E-state index contributed by atoms with van der Waals surface area (Å²) >= 11 is -1.13. The first-order chi connectivity index (χ1) is 8.11. The van der Waals surface area contributed by atoms with Gasteiger partial charge in [0.1, 0.15) is 0 Å². The fourth-order valence-electron chi connectivity index (χ4n) is 3.25. The molecule has 1 aliphatic rings. The maximum Gasteiger partial charge on any atom is -1.00 e. The van der Waals surface area contributed by atoms with Crippen LogP contribution in [0.15, 0.2) is 23.8 Å². The minimum atomic E-state index is -1.13. The second-order valence-electron chi connectivity index (χ2n) is 7.20. The Labute approximate surface area is 151 Å². The first-order valence-electron chi connectivity index (χ1n) is 6.95. The van der Waals surface area contributed by atoms with Gasteiger partial charge in [0.15, 0.2) is 0 Å². The Kier molecular flexibility index (Phi) is 9.46. The van der Waals surface area contributed by atoms with E-state index in [-0.39, 0.29) is 24.8 Å². The van der Waals surface area contributed by atoms with Gasteiger partial charge in [-0.15, -0.1) is 0 Å². The molecule has 0 heterocycles. The fourth-order valence-corrected chi connectivity index (χ4v) is 12.8. The number of halogens is 2. The van der Waals surface area contributed by atoms with Crippen molar-refractivity contribution in [3.63, 3.8) is 0 Å². The van der Waals surface area contributed by atoms with Gasteiger partial charge in [-0.1, -0.05) is 0 Å². The third-order valence-corrected chi connectivity index (χ3v) is 16.3. The average Bonchev–Trinajstić information content (AvgIpc) is 2.78. The molecule has 1 rings (SSSR count). The van der Waals surface area contributed by atoms with Crippen LogP contribution in [-0.2, 0) is 23.2 Å². The summed E-state index contributed by atoms with van der Waals surface area (Å²) in [4.78, 5) is 0. The van der Waals surface area contributed by atoms with Crippen LogP contribution in [0.5, 0.6) is 0 Å². The third kappa shape index (κ3) is 3.71. The molecule has 0 aromatic heterocycles. The minimum absolute atomic E-state index is 0. The van der Waals surface area contributed by atoms with Crippen LogP contribution in [-0.4, -0.2) is 8.80 Å². The molecular weight excluding hydrogens is 472 g/mol. The van der Waals surface area contributed by atoms with Crippen LogP contribution in [0, 0.1) is 5.41 Å². The van der Waals surface area contributed by atoms with Gasteiger partial charge in [0.2, 0.25) is 0 Å². The molecule has 0 aromatic rings. The molecule has 2 unspecified atom stereocenters. The van der Waals surface area contributed by atoms with Crippen molar-refractivity contribution < 1.29 is 48.0 Å². The molecule has 0 spiro atoms. The monoisotopic (exact) mass is 501 g/mol. The van der Waals surface area contributed by atoms with E-state index in [1.54, 1.807) is 5.57 Å². The van der Waals surface area contributed by atoms with Crippen LogP contribution in [0.3, 0.4) is 0 Å². The molecule has 0 saturated heterocycles. The Balaban J connectivity index is 0. The molecule has 0 aromatic carbocycles. The number of allylic oxidation sites excluding steroid dienone is 4. The van der Waals surface area contributed by atoms with Crippen LogP contribution in [0.1, 0.15) is 41.0 Å². The van der Waals surface area contributed by atoms with Crippen LogP contribution in [0.2, 0.25) is 21.3 Å². The van der Waals surface area contributed by atoms with Crippen molar-refractivity contribution in [2.75, 3.05) is 0 Å². The Hall–Kier alpha value is 1.11. The summed E-state index contributed by atoms with van der Waals surface area (Å²) in [5.41, 5.74) is 1.96. The number of rotatable bonds is 4. The smallest absolute Gasteiger partial charge is 1.00 e. The molecule has 0 bridgehead atoms. The Morgan fingerprint density at radius 2 is 1.60 bits per heavy atom. The van der Waals surface area contributed by atoms with Crippen LogP contribution >= 0.6 is 0 Å². The van der Waals surface area contributed by atoms with Crippen molar-refractivity contribution in [3.8, 4) is 0 Å². The summed E-state index contributed by atoms with van der Waals surface area (Å²) in [6.45, 7) is 17.2. The van der Waals surface area contributed by atoms with Crippen molar-refractivity contribution in [3.05, 3.63) is 23.8 Å². The van der Waals surface area contributed by atoms with Crippen molar-refractivity contribution in [1.82, 2.24) is 0 Å². The zero-order chi connectivity index (χ0) is 14.2. The van der Waals surface area contributed by atoms with Crippen LogP contribution < -0.4 is 28.5 Å². The van der Waals surface area contributed by atoms with Gasteiger partial charge in [0, 0.05) is 0 Å². The average molecular weight is 501 g/mol. The summed E-state index contributed by atoms with van der Waals surface area (Å²) in [6, 6.07) is 0. The van der Waals surface area contributed by atoms with E-state index in [9.17, 15) is 0 Å². The zero-order valence-electron chi connectivity index (χ0n) is 13.8. The van der Waals surface area contributed by atoms with Gasteiger partial charge in [0.05, 0.1) is 0 Å². The summed E-state index contributed by atoms with van der Waals surface area (Å²) in [5.74, 6) is 0. The molecule has 2 N–H and O–H groups in total. The van der Waals surface area contributed by atoms with Gasteiger partial charge in [-0.3, -0.25) is 0 Å². The summed E-state index contributed by atoms with van der Waals surface area (Å²) < 4.78 is 6.80. The van der Waals surface area contributed by atoms with Crippen molar-refractivity contribution in [2.24, 2.45) is 9.14 Å². The van der Waals surface area contributed by atoms with E-state index in [0.717, 1.165) is 6.42 Å². The van der Waals surface area contributed by atoms with Gasteiger partial charge in [-0.05, 0) is 0 Å². The first kappa shape index (κ1) is 23.4. The molecule has 0 aliphatic heterocycles. The summed E-state index contributed by atoms with van der Waals surface area (Å²) in [6.07, 6.45) is 8.06. The van der Waals surface area contributed by atoms with Crippen molar-refractivity contribution >= 4 is 8.80 Å². The van der Waals surface area contributed by atoms with E-state index in [0.29, 0.717) is 13.6 Å². The SMILES string of the molecule is C[SiH](C)C(C)(C1=CC=CC1)[C](C)([Hf+2][NH2])C(C)(C)C.[Cl-].[Cl-]. The molecule has 1 nitrogen and oxygen atoms in total.